The molecule has 0 spiro atoms. The summed E-state index contributed by atoms with van der Waals surface area (Å²) in [6.45, 7) is 3.36. The summed E-state index contributed by atoms with van der Waals surface area (Å²) in [4.78, 5) is 11.1. The molecule has 5 heteroatoms. The van der Waals surface area contributed by atoms with Crippen LogP contribution in [0.5, 0.6) is 5.75 Å². The smallest absolute Gasteiger partial charge is 0.336 e. The molecule has 0 saturated carbocycles. The van der Waals surface area contributed by atoms with E-state index in [2.05, 4.69) is 27.2 Å². The molecule has 0 aliphatic heterocycles. The average molecular weight is 289 g/mol. The Bertz CT molecular complexity index is 432. The van der Waals surface area contributed by atoms with E-state index in [-0.39, 0.29) is 10.2 Å². The van der Waals surface area contributed by atoms with Crippen molar-refractivity contribution in [1.82, 2.24) is 0 Å². The number of esters is 1. The van der Waals surface area contributed by atoms with Crippen molar-refractivity contribution in [2.24, 2.45) is 0 Å². The fourth-order valence-corrected chi connectivity index (χ4v) is 1.40. The minimum absolute atomic E-state index is 0.0327. The number of rotatable bonds is 3. The Balaban J connectivity index is 2.93. The third-order valence-corrected chi connectivity index (χ3v) is 2.12. The molecule has 0 atom stereocenters. The number of allylic oxidation sites excluding steroid dienone is 2. The number of halogens is 3. The van der Waals surface area contributed by atoms with E-state index in [1.54, 1.807) is 0 Å². The first-order valence-electron chi connectivity index (χ1n) is 4.20. The fourth-order valence-electron chi connectivity index (χ4n) is 0.908. The zero-order chi connectivity index (χ0) is 12.1. The fraction of sp³-hybridized carbons (Fsp3) is 0. The second kappa shape index (κ2) is 5.55. The summed E-state index contributed by atoms with van der Waals surface area (Å²) >= 11 is 2.89. The van der Waals surface area contributed by atoms with Crippen LogP contribution in [0.3, 0.4) is 0 Å². The van der Waals surface area contributed by atoms with Crippen LogP contribution >= 0.6 is 15.9 Å². The number of carbonyl (C=O) groups is 1. The van der Waals surface area contributed by atoms with Gasteiger partial charge < -0.3 is 4.74 Å². The van der Waals surface area contributed by atoms with Crippen molar-refractivity contribution in [2.75, 3.05) is 0 Å². The van der Waals surface area contributed by atoms with Crippen molar-refractivity contribution in [2.45, 2.75) is 0 Å². The molecule has 0 bridgehead atoms. The summed E-state index contributed by atoms with van der Waals surface area (Å²) in [5.41, 5.74) is 0. The molecule has 0 N–H and O–H groups in total. The predicted octanol–water partition coefficient (Wildman–Crippen LogP) is 3.37. The summed E-state index contributed by atoms with van der Waals surface area (Å²) in [5, 5.41) is 0. The van der Waals surface area contributed by atoms with Crippen LogP contribution in [-0.4, -0.2) is 5.97 Å². The van der Waals surface area contributed by atoms with Gasteiger partial charge in [-0.1, -0.05) is 18.7 Å². The van der Waals surface area contributed by atoms with Gasteiger partial charge in [0.05, 0.1) is 4.47 Å². The molecule has 84 valence electrons. The lowest BCUT2D eigenvalue weighted by molar-refractivity contribution is -0.129. The number of ether oxygens (including phenoxy) is 1. The molecule has 0 radical (unpaired) electrons. The van der Waals surface area contributed by atoms with E-state index >= 15 is 0 Å². The topological polar surface area (TPSA) is 26.3 Å². The van der Waals surface area contributed by atoms with Crippen LogP contribution in [0.4, 0.5) is 8.78 Å². The molecule has 0 aliphatic rings. The average Bonchev–Trinajstić information content (AvgIpc) is 2.20. The SMILES string of the molecule is C=C/C=C/C(=O)Oc1c(F)cc(F)cc1Br. The Kier molecular flexibility index (Phi) is 4.37. The number of hydrogen-bond donors (Lipinski definition) is 0. The van der Waals surface area contributed by atoms with E-state index in [1.807, 2.05) is 0 Å². The summed E-state index contributed by atoms with van der Waals surface area (Å²) in [6.07, 6.45) is 3.79. The standard InChI is InChI=1S/C11H7BrF2O2/c1-2-3-4-10(15)16-11-8(12)5-7(13)6-9(11)14/h2-6H,1H2/b4-3+. The highest BCUT2D eigenvalue weighted by Crippen LogP contribution is 2.29. The maximum atomic E-state index is 13.2. The van der Waals surface area contributed by atoms with Crippen LogP contribution in [0.25, 0.3) is 0 Å². The first-order chi connectivity index (χ1) is 7.54. The molecule has 0 saturated heterocycles. The normalized spacial score (nSPS) is 10.4. The maximum absolute atomic E-state index is 13.2. The van der Waals surface area contributed by atoms with E-state index < -0.39 is 17.6 Å². The molecule has 0 fully saturated rings. The number of benzene rings is 1. The van der Waals surface area contributed by atoms with Crippen molar-refractivity contribution in [1.29, 1.82) is 0 Å². The molecule has 0 unspecified atom stereocenters. The Hall–Kier alpha value is -1.49. The molecule has 2 nitrogen and oxygen atoms in total. The van der Waals surface area contributed by atoms with E-state index in [0.29, 0.717) is 6.07 Å². The third-order valence-electron chi connectivity index (χ3n) is 1.53. The lowest BCUT2D eigenvalue weighted by Gasteiger charge is -2.05. The molecule has 0 amide bonds. The first-order valence-corrected chi connectivity index (χ1v) is 4.99. The van der Waals surface area contributed by atoms with Crippen LogP contribution in [0.1, 0.15) is 0 Å². The largest absolute Gasteiger partial charge is 0.419 e. The highest BCUT2D eigenvalue weighted by molar-refractivity contribution is 9.10. The van der Waals surface area contributed by atoms with Crippen molar-refractivity contribution >= 4 is 21.9 Å². The van der Waals surface area contributed by atoms with E-state index in [0.717, 1.165) is 12.1 Å². The summed E-state index contributed by atoms with van der Waals surface area (Å²) < 4.78 is 30.6. The van der Waals surface area contributed by atoms with Gasteiger partial charge in [-0.15, -0.1) is 0 Å². The van der Waals surface area contributed by atoms with Gasteiger partial charge in [0.25, 0.3) is 0 Å². The monoisotopic (exact) mass is 288 g/mol. The highest BCUT2D eigenvalue weighted by atomic mass is 79.9. The molecule has 0 aliphatic carbocycles. The lowest BCUT2D eigenvalue weighted by atomic mass is 10.3. The van der Waals surface area contributed by atoms with Gasteiger partial charge in [0.15, 0.2) is 11.6 Å². The van der Waals surface area contributed by atoms with Crippen LogP contribution in [0.2, 0.25) is 0 Å². The third kappa shape index (κ3) is 3.27. The zero-order valence-electron chi connectivity index (χ0n) is 8.04. The minimum atomic E-state index is -0.952. The molecule has 1 rings (SSSR count). The van der Waals surface area contributed by atoms with Crippen LogP contribution in [0.15, 0.2) is 41.4 Å². The Morgan fingerprint density at radius 3 is 2.69 bits per heavy atom. The summed E-state index contributed by atoms with van der Waals surface area (Å²) in [7, 11) is 0. The van der Waals surface area contributed by atoms with E-state index in [4.69, 9.17) is 0 Å². The van der Waals surface area contributed by atoms with Gasteiger partial charge in [0.2, 0.25) is 0 Å². The zero-order valence-corrected chi connectivity index (χ0v) is 9.63. The molecule has 0 heterocycles. The molecule has 16 heavy (non-hydrogen) atoms. The molecule has 1 aromatic rings. The van der Waals surface area contributed by atoms with Crippen molar-refractivity contribution in [3.8, 4) is 5.75 Å². The van der Waals surface area contributed by atoms with Crippen LogP contribution in [-0.2, 0) is 4.79 Å². The van der Waals surface area contributed by atoms with Crippen LogP contribution in [0, 0.1) is 11.6 Å². The second-order valence-electron chi connectivity index (χ2n) is 2.71. The van der Waals surface area contributed by atoms with Gasteiger partial charge in [-0.25, -0.2) is 13.6 Å². The minimum Gasteiger partial charge on any atom is -0.419 e. The summed E-state index contributed by atoms with van der Waals surface area (Å²) in [5.74, 6) is -2.83. The van der Waals surface area contributed by atoms with Gasteiger partial charge >= 0.3 is 5.97 Å². The molecule has 1 aromatic carbocycles. The first kappa shape index (κ1) is 12.6. The molecular weight excluding hydrogens is 282 g/mol. The Labute approximate surface area is 99.4 Å². The summed E-state index contributed by atoms with van der Waals surface area (Å²) in [6, 6.07) is 1.63. The Morgan fingerprint density at radius 1 is 1.44 bits per heavy atom. The predicted molar refractivity (Wildman–Crippen MR) is 59.0 cm³/mol. The Morgan fingerprint density at radius 2 is 2.12 bits per heavy atom. The van der Waals surface area contributed by atoms with Gasteiger partial charge in [-0.2, -0.15) is 0 Å². The van der Waals surface area contributed by atoms with Crippen molar-refractivity contribution in [3.05, 3.63) is 53.0 Å². The van der Waals surface area contributed by atoms with Gasteiger partial charge in [-0.3, -0.25) is 0 Å². The molecular formula is C11H7BrF2O2. The van der Waals surface area contributed by atoms with E-state index in [9.17, 15) is 13.6 Å². The number of carbonyl (C=O) groups excluding carboxylic acids is 1. The van der Waals surface area contributed by atoms with Gasteiger partial charge in [0.1, 0.15) is 5.82 Å². The van der Waals surface area contributed by atoms with Crippen molar-refractivity contribution < 1.29 is 18.3 Å². The molecule has 0 aromatic heterocycles. The van der Waals surface area contributed by atoms with Gasteiger partial charge in [0, 0.05) is 12.1 Å². The lowest BCUT2D eigenvalue weighted by Crippen LogP contribution is -2.06. The van der Waals surface area contributed by atoms with Crippen LogP contribution < -0.4 is 4.74 Å². The second-order valence-corrected chi connectivity index (χ2v) is 3.57. The highest BCUT2D eigenvalue weighted by Gasteiger charge is 2.13. The number of hydrogen-bond acceptors (Lipinski definition) is 2. The van der Waals surface area contributed by atoms with E-state index in [1.165, 1.54) is 12.2 Å². The quantitative estimate of drug-likeness (QED) is 0.369. The van der Waals surface area contributed by atoms with Crippen molar-refractivity contribution in [3.63, 3.8) is 0 Å². The van der Waals surface area contributed by atoms with Gasteiger partial charge in [-0.05, 0) is 22.0 Å². The maximum Gasteiger partial charge on any atom is 0.336 e.